The maximum atomic E-state index is 5.55. The number of unbranched alkanes of at least 4 members (excludes halogenated alkanes) is 18. The van der Waals surface area contributed by atoms with Gasteiger partial charge in [0.05, 0.1) is 44.0 Å². The zero-order valence-electron chi connectivity index (χ0n) is 37.7. The molecule has 4 heterocycles. The zero-order chi connectivity index (χ0) is 43.3. The predicted molar refractivity (Wildman–Crippen MR) is 273 cm³/mol. The first-order valence-corrected chi connectivity index (χ1v) is 26.5. The fourth-order valence-corrected chi connectivity index (χ4v) is 10.1. The smallest absolute Gasteiger partial charge is 0.124 e. The summed E-state index contributed by atoms with van der Waals surface area (Å²) in [6.45, 7) is 4.58. The van der Waals surface area contributed by atoms with Crippen molar-refractivity contribution >= 4 is 56.5 Å². The van der Waals surface area contributed by atoms with Crippen LogP contribution in [0.3, 0.4) is 0 Å². The summed E-state index contributed by atoms with van der Waals surface area (Å²) >= 11 is 4.44. The second kappa shape index (κ2) is 25.6. The van der Waals surface area contributed by atoms with Crippen molar-refractivity contribution in [3.05, 3.63) is 116 Å². The van der Waals surface area contributed by atoms with E-state index in [1.807, 2.05) is 24.3 Å². The molecule has 0 spiro atoms. The third kappa shape index (κ3) is 13.7. The van der Waals surface area contributed by atoms with E-state index in [9.17, 15) is 0 Å². The summed E-state index contributed by atoms with van der Waals surface area (Å²) in [4.78, 5) is 13.1. The van der Waals surface area contributed by atoms with E-state index in [0.717, 1.165) is 67.3 Å². The monoisotopic (exact) mass is 888 g/mol. The molecule has 0 aliphatic carbocycles. The molecular formula is C56H64N4S3. The van der Waals surface area contributed by atoms with Crippen LogP contribution < -0.4 is 0 Å². The molecule has 0 aliphatic rings. The van der Waals surface area contributed by atoms with Gasteiger partial charge in [-0.2, -0.15) is 8.75 Å². The Hall–Kier alpha value is -4.66. The van der Waals surface area contributed by atoms with Crippen LogP contribution in [0.25, 0.3) is 44.6 Å². The van der Waals surface area contributed by atoms with Crippen molar-refractivity contribution in [3.63, 3.8) is 0 Å². The van der Waals surface area contributed by atoms with Gasteiger partial charge in [0.15, 0.2) is 0 Å². The van der Waals surface area contributed by atoms with Gasteiger partial charge in [-0.15, -0.1) is 22.7 Å². The number of hydrogen-bond acceptors (Lipinski definition) is 7. The zero-order valence-corrected chi connectivity index (χ0v) is 40.1. The molecule has 0 radical (unpaired) electrons. The maximum absolute atomic E-state index is 5.55. The maximum Gasteiger partial charge on any atom is 0.124 e. The molecular weight excluding hydrogens is 825 g/mol. The minimum atomic E-state index is 0.709. The summed E-state index contributed by atoms with van der Waals surface area (Å²) in [7, 11) is 0. The van der Waals surface area contributed by atoms with Gasteiger partial charge in [0.1, 0.15) is 22.1 Å². The molecule has 0 unspecified atom stereocenters. The summed E-state index contributed by atoms with van der Waals surface area (Å²) in [5.74, 6) is 13.8. The van der Waals surface area contributed by atoms with E-state index in [1.54, 1.807) is 22.7 Å². The normalized spacial score (nSPS) is 11.2. The molecule has 7 aromatic rings. The Kier molecular flexibility index (Phi) is 18.8. The topological polar surface area (TPSA) is 51.6 Å². The highest BCUT2D eigenvalue weighted by atomic mass is 32.1. The quantitative estimate of drug-likeness (QED) is 0.0448. The van der Waals surface area contributed by atoms with Crippen LogP contribution in [0, 0.1) is 23.7 Å². The predicted octanol–water partition coefficient (Wildman–Crippen LogP) is 16.8. The average molecular weight is 889 g/mol. The molecule has 7 heteroatoms. The highest BCUT2D eigenvalue weighted by molar-refractivity contribution is 7.10. The van der Waals surface area contributed by atoms with Crippen LogP contribution in [-0.2, 0) is 12.8 Å². The summed E-state index contributed by atoms with van der Waals surface area (Å²) in [5, 5.41) is 4.11. The molecule has 0 aliphatic heterocycles. The molecule has 7 rings (SSSR count). The minimum Gasteiger partial charge on any atom is -0.242 e. The second-order valence-corrected chi connectivity index (χ2v) is 19.5. The summed E-state index contributed by atoms with van der Waals surface area (Å²) < 4.78 is 9.61. The highest BCUT2D eigenvalue weighted by Gasteiger charge is 2.22. The number of thiophene rings is 2. The Bertz CT molecular complexity index is 2370. The lowest BCUT2D eigenvalue weighted by atomic mass is 9.97. The van der Waals surface area contributed by atoms with Gasteiger partial charge in [-0.1, -0.05) is 214 Å². The molecule has 4 aromatic heterocycles. The summed E-state index contributed by atoms with van der Waals surface area (Å²) in [5.41, 5.74) is 10.9. The van der Waals surface area contributed by atoms with Crippen LogP contribution in [0.2, 0.25) is 0 Å². The van der Waals surface area contributed by atoms with Gasteiger partial charge in [-0.25, -0.2) is 9.97 Å². The van der Waals surface area contributed by atoms with E-state index in [1.165, 1.54) is 151 Å². The Balaban J connectivity index is 1.18. The van der Waals surface area contributed by atoms with Gasteiger partial charge >= 0.3 is 0 Å². The number of benzene rings is 3. The highest BCUT2D eigenvalue weighted by Crippen LogP contribution is 2.36. The molecule has 0 amide bonds. The van der Waals surface area contributed by atoms with Crippen molar-refractivity contribution in [2.45, 2.75) is 155 Å². The van der Waals surface area contributed by atoms with E-state index in [2.05, 4.69) is 96.8 Å². The first-order valence-electron chi connectivity index (χ1n) is 24.0. The third-order valence-electron chi connectivity index (χ3n) is 12.1. The Morgan fingerprint density at radius 2 is 0.762 bits per heavy atom. The largest absolute Gasteiger partial charge is 0.242 e. The van der Waals surface area contributed by atoms with E-state index in [-0.39, 0.29) is 0 Å². The van der Waals surface area contributed by atoms with E-state index in [4.69, 9.17) is 18.7 Å². The van der Waals surface area contributed by atoms with E-state index < -0.39 is 0 Å². The van der Waals surface area contributed by atoms with Crippen molar-refractivity contribution in [2.24, 2.45) is 0 Å². The lowest BCUT2D eigenvalue weighted by Crippen LogP contribution is -2.01. The lowest BCUT2D eigenvalue weighted by Gasteiger charge is -2.14. The number of hydrogen-bond donors (Lipinski definition) is 0. The van der Waals surface area contributed by atoms with Crippen LogP contribution in [0.15, 0.2) is 83.6 Å². The molecule has 0 atom stereocenters. The van der Waals surface area contributed by atoms with Gasteiger partial charge in [0, 0.05) is 11.1 Å². The van der Waals surface area contributed by atoms with E-state index in [0.29, 0.717) is 11.0 Å². The van der Waals surface area contributed by atoms with Gasteiger partial charge in [-0.3, -0.25) is 0 Å². The summed E-state index contributed by atoms with van der Waals surface area (Å²) in [6, 6.07) is 26.3. The van der Waals surface area contributed by atoms with Crippen LogP contribution in [0.1, 0.15) is 174 Å². The molecule has 63 heavy (non-hydrogen) atoms. The third-order valence-corrected chi connectivity index (χ3v) is 14.2. The number of aromatic nitrogens is 4. The fourth-order valence-electron chi connectivity index (χ4n) is 8.40. The van der Waals surface area contributed by atoms with Crippen molar-refractivity contribution in [3.8, 4) is 46.2 Å². The molecule has 0 saturated carbocycles. The van der Waals surface area contributed by atoms with Crippen molar-refractivity contribution in [1.82, 2.24) is 18.7 Å². The van der Waals surface area contributed by atoms with Gasteiger partial charge in [-0.05, 0) is 59.7 Å². The number of rotatable bonds is 24. The van der Waals surface area contributed by atoms with Gasteiger partial charge in [0.25, 0.3) is 0 Å². The van der Waals surface area contributed by atoms with Crippen molar-refractivity contribution in [2.75, 3.05) is 0 Å². The van der Waals surface area contributed by atoms with Crippen molar-refractivity contribution in [1.29, 1.82) is 0 Å². The first kappa shape index (κ1) is 46.3. The van der Waals surface area contributed by atoms with E-state index >= 15 is 0 Å². The number of aryl methyl sites for hydroxylation is 2. The lowest BCUT2D eigenvalue weighted by molar-refractivity contribution is 0.556. The Morgan fingerprint density at radius 1 is 0.397 bits per heavy atom. The van der Waals surface area contributed by atoms with Crippen molar-refractivity contribution < 1.29 is 0 Å². The molecule has 3 aromatic carbocycles. The molecule has 326 valence electrons. The Labute approximate surface area is 389 Å². The number of fused-ring (bicyclic) bond motifs is 2. The van der Waals surface area contributed by atoms with Gasteiger partial charge in [0.2, 0.25) is 0 Å². The van der Waals surface area contributed by atoms with Crippen LogP contribution in [-0.4, -0.2) is 18.7 Å². The average Bonchev–Trinajstić information content (AvgIpc) is 4.14. The summed E-state index contributed by atoms with van der Waals surface area (Å²) in [6.07, 6.45) is 29.1. The number of nitrogens with zero attached hydrogens (tertiary/aromatic N) is 4. The first-order chi connectivity index (χ1) is 31.2. The Morgan fingerprint density at radius 3 is 1.11 bits per heavy atom. The minimum absolute atomic E-state index is 0.709. The van der Waals surface area contributed by atoms with Crippen LogP contribution in [0.4, 0.5) is 0 Å². The SMILES string of the molecule is CCCCCCCCCCCCc1ccc(-c2nc3c(C#Cc4cccs4)c4nsnc4c(C#Cc4cccs4)c3nc2-c2ccc(CCCCCCCCCCCC)cc2)cc1. The molecule has 0 N–H and O–H groups in total. The van der Waals surface area contributed by atoms with Gasteiger partial charge < -0.3 is 0 Å². The molecule has 0 bridgehead atoms. The second-order valence-electron chi connectivity index (χ2n) is 17.0. The molecule has 4 nitrogen and oxygen atoms in total. The molecule has 0 saturated heterocycles. The fraction of sp³-hybridized carbons (Fsp3) is 0.429. The van der Waals surface area contributed by atoms with Crippen LogP contribution in [0.5, 0.6) is 0 Å². The van der Waals surface area contributed by atoms with Crippen LogP contribution >= 0.6 is 34.4 Å². The molecule has 0 fully saturated rings. The standard InChI is InChI=1S/C56H64N4S3/c1-3-5-7-9-11-13-15-17-19-21-25-43-29-33-45(34-30-43)51-52(46-35-31-44(32-36-46)26-22-20-18-16-14-12-10-8-6-4-2)58-54-50(40-38-48-28-24-42-62-48)56-55(59-63-60-56)49(53(54)57-51)39-37-47-27-23-41-61-47/h23-24,27-36,41-42H,3-22,25-26H2,1-2H3.